The number of nitrogens with two attached hydrogens (primary N) is 3. The molecule has 0 spiro atoms. The normalized spacial score (nSPS) is 22.7. The van der Waals surface area contributed by atoms with E-state index in [-0.39, 0.29) is 6.54 Å². The van der Waals surface area contributed by atoms with Crippen molar-refractivity contribution in [1.82, 2.24) is 5.06 Å². The van der Waals surface area contributed by atoms with Crippen LogP contribution in [0, 0.1) is 0 Å². The molecule has 78 valence electrons. The van der Waals surface area contributed by atoms with E-state index in [2.05, 4.69) is 0 Å². The molecule has 1 heterocycles. The fraction of sp³-hybridized carbons (Fsp3) is 0.500. The zero-order chi connectivity index (χ0) is 10.9. The Morgan fingerprint density at radius 3 is 2.00 bits per heavy atom. The molecule has 1 fully saturated rings. The number of hydrogen-bond donors (Lipinski definition) is 3. The number of amides is 3. The summed E-state index contributed by atoms with van der Waals surface area (Å²) in [6.45, 7) is -0.479. The van der Waals surface area contributed by atoms with Crippen molar-refractivity contribution in [2.75, 3.05) is 13.2 Å². The number of hydroxylamine groups is 2. The molecule has 0 aromatic carbocycles. The molecule has 1 aliphatic heterocycles. The Morgan fingerprint density at radius 1 is 1.21 bits per heavy atom. The van der Waals surface area contributed by atoms with Crippen LogP contribution in [0.1, 0.15) is 0 Å². The molecule has 8 nitrogen and oxygen atoms in total. The minimum atomic E-state index is -1.62. The first-order valence-electron chi connectivity index (χ1n) is 3.70. The molecule has 1 unspecified atom stereocenters. The van der Waals surface area contributed by atoms with Crippen LogP contribution in [0.15, 0.2) is 0 Å². The van der Waals surface area contributed by atoms with Crippen molar-refractivity contribution in [3.63, 3.8) is 0 Å². The van der Waals surface area contributed by atoms with E-state index in [4.69, 9.17) is 22.0 Å². The molecule has 6 N–H and O–H groups in total. The van der Waals surface area contributed by atoms with Gasteiger partial charge in [-0.1, -0.05) is 0 Å². The summed E-state index contributed by atoms with van der Waals surface area (Å²) < 4.78 is 0. The summed E-state index contributed by atoms with van der Waals surface area (Å²) in [5, 5.41) is 0.933. The smallest absolute Gasteiger partial charge is 0.251 e. The minimum Gasteiger partial charge on any atom is -0.368 e. The lowest BCUT2D eigenvalue weighted by Gasteiger charge is -2.08. The third-order valence-electron chi connectivity index (χ3n) is 1.87. The third kappa shape index (κ3) is 1.52. The average Bonchev–Trinajstić information content (AvgIpc) is 2.75. The molecule has 0 aliphatic carbocycles. The van der Waals surface area contributed by atoms with Crippen LogP contribution in [0.5, 0.6) is 0 Å². The molecule has 1 aliphatic rings. The first kappa shape index (κ1) is 10.4. The predicted octanol–water partition coefficient (Wildman–Crippen LogP) is -3.57. The van der Waals surface area contributed by atoms with Gasteiger partial charge in [0.15, 0.2) is 0 Å². The van der Waals surface area contributed by atoms with E-state index in [1.165, 1.54) is 0 Å². The molecular formula is C6H10N4O4. The zero-order valence-electron chi connectivity index (χ0n) is 7.23. The summed E-state index contributed by atoms with van der Waals surface area (Å²) in [7, 11) is 0. The molecule has 14 heavy (non-hydrogen) atoms. The lowest BCUT2D eigenvalue weighted by atomic mass is 10.1. The van der Waals surface area contributed by atoms with Gasteiger partial charge in [0.2, 0.25) is 11.4 Å². The Kier molecular flexibility index (Phi) is 2.41. The van der Waals surface area contributed by atoms with Gasteiger partial charge in [-0.25, -0.2) is 0 Å². The SMILES string of the molecule is NC(=O)CON1CC1(C(N)=O)C(N)=O. The van der Waals surface area contributed by atoms with Crippen LogP contribution in [0.3, 0.4) is 0 Å². The van der Waals surface area contributed by atoms with Crippen LogP contribution < -0.4 is 17.2 Å². The first-order chi connectivity index (χ1) is 6.41. The first-order valence-corrected chi connectivity index (χ1v) is 3.70. The monoisotopic (exact) mass is 202 g/mol. The Bertz CT molecular complexity index is 288. The van der Waals surface area contributed by atoms with E-state index in [9.17, 15) is 14.4 Å². The molecule has 1 atom stereocenters. The van der Waals surface area contributed by atoms with Crippen molar-refractivity contribution in [3.8, 4) is 0 Å². The lowest BCUT2D eigenvalue weighted by Crippen LogP contribution is -2.47. The van der Waals surface area contributed by atoms with Crippen LogP contribution >= 0.6 is 0 Å². The molecule has 1 rings (SSSR count). The molecular weight excluding hydrogens is 192 g/mol. The van der Waals surface area contributed by atoms with Gasteiger partial charge >= 0.3 is 0 Å². The van der Waals surface area contributed by atoms with Crippen LogP contribution in [0.25, 0.3) is 0 Å². The molecule has 0 radical (unpaired) electrons. The fourth-order valence-corrected chi connectivity index (χ4v) is 0.993. The predicted molar refractivity (Wildman–Crippen MR) is 43.0 cm³/mol. The molecule has 1 saturated heterocycles. The molecule has 0 bridgehead atoms. The molecule has 3 amide bonds. The molecule has 8 heteroatoms. The van der Waals surface area contributed by atoms with E-state index in [0.717, 1.165) is 5.06 Å². The van der Waals surface area contributed by atoms with Crippen molar-refractivity contribution in [2.45, 2.75) is 5.54 Å². The largest absolute Gasteiger partial charge is 0.368 e. The van der Waals surface area contributed by atoms with Gasteiger partial charge < -0.3 is 17.2 Å². The topological polar surface area (TPSA) is 142 Å². The number of hydrogen-bond acceptors (Lipinski definition) is 5. The van der Waals surface area contributed by atoms with E-state index >= 15 is 0 Å². The molecule has 0 aromatic heterocycles. The summed E-state index contributed by atoms with van der Waals surface area (Å²) in [6.07, 6.45) is 0. The van der Waals surface area contributed by atoms with Gasteiger partial charge in [-0.15, -0.1) is 0 Å². The summed E-state index contributed by atoms with van der Waals surface area (Å²) in [6, 6.07) is 0. The quantitative estimate of drug-likeness (QED) is 0.312. The molecule has 0 aromatic rings. The maximum atomic E-state index is 10.9. The van der Waals surface area contributed by atoms with Crippen LogP contribution in [-0.4, -0.2) is 41.5 Å². The summed E-state index contributed by atoms with van der Waals surface area (Å²) in [4.78, 5) is 36.8. The number of rotatable bonds is 5. The summed E-state index contributed by atoms with van der Waals surface area (Å²) >= 11 is 0. The maximum absolute atomic E-state index is 10.9. The number of carbonyl (C=O) groups is 3. The van der Waals surface area contributed by atoms with Crippen LogP contribution in [-0.2, 0) is 19.2 Å². The number of carbonyl (C=O) groups excluding carboxylic acids is 3. The highest BCUT2D eigenvalue weighted by Crippen LogP contribution is 2.31. The standard InChI is InChI=1S/C6H10N4O4/c7-3(11)1-14-10-2-6(10,4(8)12)5(9)13/h1-2H2,(H2,7,11)(H2,8,12)(H2,9,13). The van der Waals surface area contributed by atoms with E-state index in [0.29, 0.717) is 0 Å². The zero-order valence-corrected chi connectivity index (χ0v) is 7.23. The second-order valence-corrected chi connectivity index (χ2v) is 2.87. The van der Waals surface area contributed by atoms with Crippen LogP contribution in [0.2, 0.25) is 0 Å². The maximum Gasteiger partial charge on any atom is 0.251 e. The second-order valence-electron chi connectivity index (χ2n) is 2.87. The van der Waals surface area contributed by atoms with Gasteiger partial charge in [-0.2, -0.15) is 5.06 Å². The Morgan fingerprint density at radius 2 is 1.71 bits per heavy atom. The Labute approximate surface area is 78.9 Å². The highest BCUT2D eigenvalue weighted by Gasteiger charge is 2.64. The second kappa shape index (κ2) is 3.24. The van der Waals surface area contributed by atoms with Gasteiger partial charge in [0.05, 0.1) is 6.54 Å². The van der Waals surface area contributed by atoms with E-state index < -0.39 is 29.9 Å². The third-order valence-corrected chi connectivity index (χ3v) is 1.87. The van der Waals surface area contributed by atoms with Crippen molar-refractivity contribution in [3.05, 3.63) is 0 Å². The highest BCUT2D eigenvalue weighted by atomic mass is 16.7. The van der Waals surface area contributed by atoms with E-state index in [1.807, 2.05) is 0 Å². The van der Waals surface area contributed by atoms with Gasteiger partial charge in [0, 0.05) is 0 Å². The number of primary amides is 3. The summed E-state index contributed by atoms with van der Waals surface area (Å²) in [5.74, 6) is -2.54. The fourth-order valence-electron chi connectivity index (χ4n) is 0.993. The van der Waals surface area contributed by atoms with E-state index in [1.54, 1.807) is 0 Å². The van der Waals surface area contributed by atoms with Crippen molar-refractivity contribution < 1.29 is 19.2 Å². The van der Waals surface area contributed by atoms with Crippen molar-refractivity contribution in [2.24, 2.45) is 17.2 Å². The van der Waals surface area contributed by atoms with Gasteiger partial charge in [-0.05, 0) is 0 Å². The minimum absolute atomic E-state index is 0.0506. The Balaban J connectivity index is 2.58. The van der Waals surface area contributed by atoms with Gasteiger partial charge in [0.1, 0.15) is 6.61 Å². The summed E-state index contributed by atoms with van der Waals surface area (Å²) in [5.41, 5.74) is 13.1. The molecule has 0 saturated carbocycles. The van der Waals surface area contributed by atoms with Gasteiger partial charge in [-0.3, -0.25) is 19.2 Å². The van der Waals surface area contributed by atoms with Crippen molar-refractivity contribution in [1.29, 1.82) is 0 Å². The Hall–Kier alpha value is -1.67. The lowest BCUT2D eigenvalue weighted by molar-refractivity contribution is -0.152. The highest BCUT2D eigenvalue weighted by molar-refractivity contribution is 6.11. The number of nitrogens with zero attached hydrogens (tertiary/aromatic N) is 1. The van der Waals surface area contributed by atoms with Crippen molar-refractivity contribution >= 4 is 17.7 Å². The van der Waals surface area contributed by atoms with Gasteiger partial charge in [0.25, 0.3) is 11.8 Å². The average molecular weight is 202 g/mol. The van der Waals surface area contributed by atoms with Crippen LogP contribution in [0.4, 0.5) is 0 Å².